The molecule has 3 unspecified atom stereocenters. The van der Waals surface area contributed by atoms with Crippen LogP contribution in [0, 0.1) is 17.8 Å². The molecule has 0 radical (unpaired) electrons. The third kappa shape index (κ3) is 4.96. The van der Waals surface area contributed by atoms with Crippen LogP contribution in [0.4, 0.5) is 10.5 Å². The van der Waals surface area contributed by atoms with E-state index in [1.54, 1.807) is 48.5 Å². The Morgan fingerprint density at radius 1 is 1.10 bits per heavy atom. The molecular weight excluding hydrogens is 400 g/mol. The summed E-state index contributed by atoms with van der Waals surface area (Å²) in [6.45, 7) is 6.75. The van der Waals surface area contributed by atoms with E-state index in [9.17, 15) is 9.59 Å². The number of hydrogen-bond acceptors (Lipinski definition) is 3. The molecule has 3 rings (SSSR count). The maximum absolute atomic E-state index is 12.9. The molecule has 1 fully saturated rings. The van der Waals surface area contributed by atoms with Crippen LogP contribution in [0.3, 0.4) is 0 Å². The molecule has 0 aliphatic heterocycles. The number of rotatable bonds is 5. The first kappa shape index (κ1) is 22.2. The molecule has 5 nitrogen and oxygen atoms in total. The van der Waals surface area contributed by atoms with Gasteiger partial charge in [-0.25, -0.2) is 9.69 Å². The van der Waals surface area contributed by atoms with Gasteiger partial charge < -0.3 is 10.5 Å². The van der Waals surface area contributed by atoms with E-state index in [1.165, 1.54) is 12.8 Å². The summed E-state index contributed by atoms with van der Waals surface area (Å²) in [4.78, 5) is 25.8. The van der Waals surface area contributed by atoms with E-state index >= 15 is 0 Å². The lowest BCUT2D eigenvalue weighted by atomic mass is 9.75. The van der Waals surface area contributed by atoms with Crippen LogP contribution in [-0.4, -0.2) is 18.0 Å². The quantitative estimate of drug-likeness (QED) is 0.643. The SMILES string of the molecule is CC1CCC(C(C)C)C(Oc2ccc(N(C(N)=O)C(=O)c3ccccc3Cl)cc2)C1. The highest BCUT2D eigenvalue weighted by molar-refractivity contribution is 6.35. The second kappa shape index (κ2) is 9.52. The van der Waals surface area contributed by atoms with E-state index in [0.717, 1.165) is 17.1 Å². The van der Waals surface area contributed by atoms with Gasteiger partial charge in [0, 0.05) is 0 Å². The van der Waals surface area contributed by atoms with Crippen LogP contribution in [0.5, 0.6) is 5.75 Å². The standard InChI is InChI=1S/C24H29ClN2O3/c1-15(2)19-13-8-16(3)14-22(19)30-18-11-9-17(10-12-18)27(24(26)29)23(28)20-6-4-5-7-21(20)25/h4-7,9-12,15-16,19,22H,8,13-14H2,1-3H3,(H2,26,29). The molecule has 0 spiro atoms. The number of urea groups is 1. The fourth-order valence-electron chi connectivity index (χ4n) is 4.20. The third-order valence-electron chi connectivity index (χ3n) is 5.87. The van der Waals surface area contributed by atoms with Crippen molar-refractivity contribution >= 4 is 29.2 Å². The summed E-state index contributed by atoms with van der Waals surface area (Å²) in [6.07, 6.45) is 3.60. The van der Waals surface area contributed by atoms with Crippen molar-refractivity contribution in [1.82, 2.24) is 0 Å². The zero-order valence-corrected chi connectivity index (χ0v) is 18.4. The van der Waals surface area contributed by atoms with Crippen LogP contribution < -0.4 is 15.4 Å². The van der Waals surface area contributed by atoms with Crippen LogP contribution in [0.1, 0.15) is 50.4 Å². The molecule has 1 saturated carbocycles. The molecule has 6 heteroatoms. The fourth-order valence-corrected chi connectivity index (χ4v) is 4.42. The second-order valence-corrected chi connectivity index (χ2v) is 8.84. The molecule has 1 aliphatic carbocycles. The monoisotopic (exact) mass is 428 g/mol. The minimum atomic E-state index is -0.866. The number of carbonyl (C=O) groups is 2. The smallest absolute Gasteiger partial charge is 0.326 e. The highest BCUT2D eigenvalue weighted by Crippen LogP contribution is 2.36. The lowest BCUT2D eigenvalue weighted by Gasteiger charge is -2.37. The van der Waals surface area contributed by atoms with Crippen molar-refractivity contribution in [3.05, 3.63) is 59.1 Å². The Labute approximate surface area is 183 Å². The highest BCUT2D eigenvalue weighted by atomic mass is 35.5. The van der Waals surface area contributed by atoms with Crippen LogP contribution in [-0.2, 0) is 0 Å². The van der Waals surface area contributed by atoms with Gasteiger partial charge in [0.15, 0.2) is 0 Å². The molecule has 0 heterocycles. The largest absolute Gasteiger partial charge is 0.490 e. The first-order valence-corrected chi connectivity index (χ1v) is 10.8. The van der Waals surface area contributed by atoms with Crippen LogP contribution >= 0.6 is 11.6 Å². The van der Waals surface area contributed by atoms with Gasteiger partial charge in [0.05, 0.1) is 16.3 Å². The number of nitrogens with zero attached hydrogens (tertiary/aromatic N) is 1. The Morgan fingerprint density at radius 3 is 2.37 bits per heavy atom. The summed E-state index contributed by atoms with van der Waals surface area (Å²) in [5.41, 5.74) is 6.09. The number of carbonyl (C=O) groups excluding carboxylic acids is 2. The molecule has 0 aromatic heterocycles. The van der Waals surface area contributed by atoms with Gasteiger partial charge in [-0.15, -0.1) is 0 Å². The Morgan fingerprint density at radius 2 is 1.77 bits per heavy atom. The van der Waals surface area contributed by atoms with Crippen LogP contribution in [0.2, 0.25) is 5.02 Å². The molecule has 3 atom stereocenters. The summed E-state index contributed by atoms with van der Waals surface area (Å²) in [6, 6.07) is 12.6. The predicted octanol–water partition coefficient (Wildman–Crippen LogP) is 5.91. The molecular formula is C24H29ClN2O3. The van der Waals surface area contributed by atoms with E-state index in [0.29, 0.717) is 23.4 Å². The summed E-state index contributed by atoms with van der Waals surface area (Å²) in [7, 11) is 0. The molecule has 0 bridgehead atoms. The van der Waals surface area contributed by atoms with Gasteiger partial charge in [0.25, 0.3) is 5.91 Å². The van der Waals surface area contributed by atoms with E-state index in [2.05, 4.69) is 20.8 Å². The molecule has 2 aromatic carbocycles. The van der Waals surface area contributed by atoms with Gasteiger partial charge in [0.1, 0.15) is 11.9 Å². The van der Waals surface area contributed by atoms with E-state index < -0.39 is 11.9 Å². The number of halogens is 1. The first-order valence-electron chi connectivity index (χ1n) is 10.4. The van der Waals surface area contributed by atoms with Gasteiger partial charge in [-0.2, -0.15) is 0 Å². The van der Waals surface area contributed by atoms with Gasteiger partial charge in [-0.3, -0.25) is 4.79 Å². The number of anilines is 1. The lowest BCUT2D eigenvalue weighted by molar-refractivity contribution is 0.0460. The second-order valence-electron chi connectivity index (χ2n) is 8.43. The van der Waals surface area contributed by atoms with Crippen molar-refractivity contribution in [2.24, 2.45) is 23.5 Å². The van der Waals surface area contributed by atoms with E-state index in [-0.39, 0.29) is 16.7 Å². The Bertz CT molecular complexity index is 898. The molecule has 160 valence electrons. The van der Waals surface area contributed by atoms with Crippen LogP contribution in [0.15, 0.2) is 48.5 Å². The fraction of sp³-hybridized carbons (Fsp3) is 0.417. The summed E-state index contributed by atoms with van der Waals surface area (Å²) in [5, 5.41) is 0.264. The molecule has 1 aliphatic rings. The van der Waals surface area contributed by atoms with Gasteiger partial charge >= 0.3 is 6.03 Å². The van der Waals surface area contributed by atoms with Crippen molar-refractivity contribution in [3.8, 4) is 5.75 Å². The van der Waals surface area contributed by atoms with Crippen LogP contribution in [0.25, 0.3) is 0 Å². The van der Waals surface area contributed by atoms with E-state index in [1.807, 2.05) is 0 Å². The zero-order chi connectivity index (χ0) is 21.8. The molecule has 2 N–H and O–H groups in total. The number of imide groups is 1. The average molecular weight is 429 g/mol. The number of primary amides is 1. The number of benzene rings is 2. The number of hydrogen-bond donors (Lipinski definition) is 1. The summed E-state index contributed by atoms with van der Waals surface area (Å²) >= 11 is 6.12. The van der Waals surface area contributed by atoms with Gasteiger partial charge in [-0.05, 0) is 67.0 Å². The van der Waals surface area contributed by atoms with Crippen molar-refractivity contribution in [2.75, 3.05) is 4.90 Å². The Balaban J connectivity index is 1.80. The number of amides is 3. The molecule has 30 heavy (non-hydrogen) atoms. The predicted molar refractivity (Wildman–Crippen MR) is 120 cm³/mol. The van der Waals surface area contributed by atoms with Crippen molar-refractivity contribution in [3.63, 3.8) is 0 Å². The molecule has 0 saturated heterocycles. The minimum Gasteiger partial charge on any atom is -0.490 e. The normalized spacial score (nSPS) is 21.3. The average Bonchev–Trinajstić information content (AvgIpc) is 2.69. The third-order valence-corrected chi connectivity index (χ3v) is 6.20. The van der Waals surface area contributed by atoms with Crippen molar-refractivity contribution in [1.29, 1.82) is 0 Å². The topological polar surface area (TPSA) is 72.6 Å². The van der Waals surface area contributed by atoms with Crippen molar-refractivity contribution in [2.45, 2.75) is 46.1 Å². The number of nitrogens with two attached hydrogens (primary N) is 1. The number of ether oxygens (including phenoxy) is 1. The Kier molecular flexibility index (Phi) is 7.03. The Hall–Kier alpha value is -2.53. The van der Waals surface area contributed by atoms with E-state index in [4.69, 9.17) is 22.1 Å². The minimum absolute atomic E-state index is 0.164. The zero-order valence-electron chi connectivity index (χ0n) is 17.7. The molecule has 2 aromatic rings. The van der Waals surface area contributed by atoms with Crippen molar-refractivity contribution < 1.29 is 14.3 Å². The molecule has 3 amide bonds. The van der Waals surface area contributed by atoms with Gasteiger partial charge in [0.2, 0.25) is 0 Å². The highest BCUT2D eigenvalue weighted by Gasteiger charge is 2.32. The summed E-state index contributed by atoms with van der Waals surface area (Å²) in [5.74, 6) is 1.87. The maximum atomic E-state index is 12.9. The maximum Gasteiger partial charge on any atom is 0.326 e. The van der Waals surface area contributed by atoms with Gasteiger partial charge in [-0.1, -0.05) is 50.9 Å². The summed E-state index contributed by atoms with van der Waals surface area (Å²) < 4.78 is 6.32. The first-order chi connectivity index (χ1) is 14.3. The lowest BCUT2D eigenvalue weighted by Crippen LogP contribution is -2.41.